The third-order valence-corrected chi connectivity index (χ3v) is 6.06. The van der Waals surface area contributed by atoms with Crippen LogP contribution in [0, 0.1) is 6.07 Å². The number of rotatable bonds is 1. The summed E-state index contributed by atoms with van der Waals surface area (Å²) in [4.78, 5) is 0. The Bertz CT molecular complexity index is 1060. The molecule has 1 aliphatic rings. The number of hydrogen-bond acceptors (Lipinski definition) is 0. The second-order valence-corrected chi connectivity index (χ2v) is 10.7. The molecule has 170 valence electrons. The van der Waals surface area contributed by atoms with E-state index < -0.39 is 0 Å². The molecular weight excluding hydrogens is 522 g/mol. The number of fused-ring (bicyclic) bond motifs is 3. The molecule has 0 aromatic heterocycles. The maximum absolute atomic E-state index is 3.30. The molecule has 1 aliphatic carbocycles. The fraction of sp³-hybridized carbons (Fsp3) is 0.200. The van der Waals surface area contributed by atoms with Gasteiger partial charge in [0.2, 0.25) is 0 Å². The molecule has 0 heterocycles. The van der Waals surface area contributed by atoms with Crippen LogP contribution in [0.4, 0.5) is 0 Å². The molecule has 0 saturated heterocycles. The first-order valence-electron chi connectivity index (χ1n) is 10.8. The summed E-state index contributed by atoms with van der Waals surface area (Å²) in [5.74, 6) is 0. The van der Waals surface area contributed by atoms with Crippen molar-refractivity contribution >= 4 is 3.21 Å². The van der Waals surface area contributed by atoms with Crippen LogP contribution in [0.2, 0.25) is 0 Å². The summed E-state index contributed by atoms with van der Waals surface area (Å²) in [6.45, 7) is 8.83. The van der Waals surface area contributed by atoms with Gasteiger partial charge in [0.15, 0.2) is 0 Å². The molecule has 0 atom stereocenters. The second-order valence-electron chi connectivity index (χ2n) is 8.81. The quantitative estimate of drug-likeness (QED) is 0.277. The average Bonchev–Trinajstić information content (AvgIpc) is 3.43. The van der Waals surface area contributed by atoms with Crippen molar-refractivity contribution < 1.29 is 49.0 Å². The van der Waals surface area contributed by atoms with Crippen LogP contribution >= 0.6 is 0 Å². The average molecular weight is 553 g/mol. The van der Waals surface area contributed by atoms with E-state index in [0.29, 0.717) is 5.41 Å². The molecule has 4 aromatic carbocycles. The number of benzene rings is 3. The molecule has 0 N–H and O–H groups in total. The Hall–Kier alpha value is -1.66. The van der Waals surface area contributed by atoms with Gasteiger partial charge in [0.1, 0.15) is 0 Å². The Morgan fingerprint density at radius 3 is 2.03 bits per heavy atom. The summed E-state index contributed by atoms with van der Waals surface area (Å²) >= 11 is 1.51. The van der Waals surface area contributed by atoms with E-state index >= 15 is 0 Å². The van der Waals surface area contributed by atoms with E-state index in [1.54, 1.807) is 0 Å². The van der Waals surface area contributed by atoms with E-state index in [0.717, 1.165) is 6.42 Å². The minimum atomic E-state index is 0. The summed E-state index contributed by atoms with van der Waals surface area (Å²) in [5, 5.41) is 0. The molecule has 0 bridgehead atoms. The van der Waals surface area contributed by atoms with Crippen molar-refractivity contribution in [3.63, 3.8) is 0 Å². The van der Waals surface area contributed by atoms with Crippen LogP contribution in [0.1, 0.15) is 49.9 Å². The molecule has 0 aliphatic heterocycles. The van der Waals surface area contributed by atoms with Crippen LogP contribution < -0.4 is 24.8 Å². The first kappa shape index (κ1) is 29.4. The zero-order chi connectivity index (χ0) is 22.3. The van der Waals surface area contributed by atoms with E-state index in [9.17, 15) is 0 Å². The van der Waals surface area contributed by atoms with Crippen LogP contribution in [0.3, 0.4) is 0 Å². The normalized spacial score (nSPS) is 10.6. The van der Waals surface area contributed by atoms with Gasteiger partial charge in [-0.05, 0) is 6.42 Å². The van der Waals surface area contributed by atoms with Gasteiger partial charge in [-0.3, -0.25) is 0 Å². The van der Waals surface area contributed by atoms with Gasteiger partial charge in [0, 0.05) is 0 Å². The van der Waals surface area contributed by atoms with Crippen molar-refractivity contribution in [3.8, 4) is 11.1 Å². The van der Waals surface area contributed by atoms with Gasteiger partial charge in [-0.2, -0.15) is 53.6 Å². The van der Waals surface area contributed by atoms with Crippen LogP contribution in [-0.2, 0) is 36.1 Å². The maximum Gasteiger partial charge on any atom is -0.0253 e. The first-order valence-corrected chi connectivity index (χ1v) is 12.0. The van der Waals surface area contributed by atoms with Gasteiger partial charge < -0.3 is 24.8 Å². The standard InChI is InChI=1S/C13H9.C9H13.C8H8.2ClH.Zr/c1-3-7-12-10(5-1)9-11-6-2-4-8-13(11)12;1-9(2,3)8-6-4-5-7-8;1-2-8-6-4-3-5-7-8;;;/h1-5,7-8H,9H2;4-7H,1-3H3;3-7H,1H3;2*1H;/q2*-1;;;;+2/p-2. The van der Waals surface area contributed by atoms with Crippen LogP contribution in [-0.4, -0.2) is 3.21 Å². The zero-order valence-corrected chi connectivity index (χ0v) is 23.7. The number of hydrogen-bond donors (Lipinski definition) is 0. The van der Waals surface area contributed by atoms with Gasteiger partial charge >= 0.3 is 70.3 Å². The summed E-state index contributed by atoms with van der Waals surface area (Å²) in [6.07, 6.45) is 1.05. The van der Waals surface area contributed by atoms with Gasteiger partial charge in [-0.1, -0.05) is 61.6 Å². The van der Waals surface area contributed by atoms with Crippen molar-refractivity contribution in [2.24, 2.45) is 0 Å². The van der Waals surface area contributed by atoms with Gasteiger partial charge in [-0.15, -0.1) is 5.56 Å². The predicted molar refractivity (Wildman–Crippen MR) is 130 cm³/mol. The van der Waals surface area contributed by atoms with Gasteiger partial charge in [0.25, 0.3) is 0 Å². The number of halogens is 2. The van der Waals surface area contributed by atoms with Crippen molar-refractivity contribution in [1.29, 1.82) is 0 Å². The Morgan fingerprint density at radius 1 is 0.848 bits per heavy atom. The molecular formula is C30H30Cl2Zr-2. The fourth-order valence-electron chi connectivity index (χ4n) is 3.56. The predicted octanol–water partition coefficient (Wildman–Crippen LogP) is 1.54. The molecule has 0 spiro atoms. The Morgan fingerprint density at radius 2 is 1.48 bits per heavy atom. The topological polar surface area (TPSA) is 0 Å². The van der Waals surface area contributed by atoms with Gasteiger partial charge in [-0.25, -0.2) is 6.07 Å². The summed E-state index contributed by atoms with van der Waals surface area (Å²) in [6, 6.07) is 37.1. The second kappa shape index (κ2) is 13.9. The molecule has 0 unspecified atom stereocenters. The van der Waals surface area contributed by atoms with Crippen LogP contribution in [0.5, 0.6) is 0 Å². The molecule has 0 fully saturated rings. The molecule has 0 nitrogen and oxygen atoms in total. The molecule has 0 amide bonds. The summed E-state index contributed by atoms with van der Waals surface area (Å²) < 4.78 is 1.46. The summed E-state index contributed by atoms with van der Waals surface area (Å²) in [7, 11) is 0. The van der Waals surface area contributed by atoms with Gasteiger partial charge in [0.05, 0.1) is 0 Å². The summed E-state index contributed by atoms with van der Waals surface area (Å²) in [5.41, 5.74) is 8.62. The molecule has 33 heavy (non-hydrogen) atoms. The Balaban J connectivity index is 0.000000247. The Labute approximate surface area is 227 Å². The minimum Gasteiger partial charge on any atom is -1.00 e. The third kappa shape index (κ3) is 8.57. The first-order chi connectivity index (χ1) is 14.9. The van der Waals surface area contributed by atoms with Crippen molar-refractivity contribution in [2.45, 2.75) is 39.5 Å². The largest absolute Gasteiger partial charge is 1.00 e. The van der Waals surface area contributed by atoms with Crippen molar-refractivity contribution in [1.82, 2.24) is 0 Å². The van der Waals surface area contributed by atoms with Crippen LogP contribution in [0.25, 0.3) is 11.1 Å². The van der Waals surface area contributed by atoms with E-state index in [1.165, 1.54) is 60.8 Å². The molecule has 5 rings (SSSR count). The van der Waals surface area contributed by atoms with Crippen molar-refractivity contribution in [3.05, 3.63) is 125 Å². The SMILES string of the molecule is CC(C)(C)c1cc[cH-]c1.C[C](=[Zr+2])c1ccccc1.[Cl-].[Cl-].[c-]1cccc2c1Cc1ccccc1-2. The van der Waals surface area contributed by atoms with Crippen LogP contribution in [0.15, 0.2) is 97.1 Å². The smallest absolute Gasteiger partial charge is 0.0253 e. The van der Waals surface area contributed by atoms with Crippen molar-refractivity contribution in [2.75, 3.05) is 0 Å². The molecule has 4 aromatic rings. The Kier molecular flexibility index (Phi) is 12.4. The maximum atomic E-state index is 3.30. The monoisotopic (exact) mass is 550 g/mol. The van der Waals surface area contributed by atoms with E-state index in [2.05, 4.69) is 119 Å². The molecule has 3 heteroatoms. The van der Waals surface area contributed by atoms with E-state index in [1.807, 2.05) is 12.1 Å². The molecule has 0 radical (unpaired) electrons. The van der Waals surface area contributed by atoms with E-state index in [4.69, 9.17) is 0 Å². The van der Waals surface area contributed by atoms with E-state index in [-0.39, 0.29) is 24.8 Å². The molecule has 0 saturated carbocycles. The minimum absolute atomic E-state index is 0. The fourth-order valence-corrected chi connectivity index (χ4v) is 3.97. The third-order valence-electron chi connectivity index (χ3n) is 5.35. The zero-order valence-electron chi connectivity index (χ0n) is 19.7.